The lowest BCUT2D eigenvalue weighted by atomic mass is 10.0. The Morgan fingerprint density at radius 3 is 2.00 bits per heavy atom. The summed E-state index contributed by atoms with van der Waals surface area (Å²) < 4.78 is 0. The number of unbranched alkanes of at least 4 members (excludes halogenated alkanes) is 8. The van der Waals surface area contributed by atoms with Crippen LogP contribution in [-0.2, 0) is 9.59 Å². The zero-order valence-electron chi connectivity index (χ0n) is 16.3. The topological polar surface area (TPSA) is 94.8 Å². The van der Waals surface area contributed by atoms with E-state index in [1.54, 1.807) is 0 Å². The van der Waals surface area contributed by atoms with Gasteiger partial charge in [0.15, 0.2) is 0 Å². The minimum atomic E-state index is -0.795. The van der Waals surface area contributed by atoms with Crippen LogP contribution in [0.4, 0.5) is 0 Å². The first-order chi connectivity index (χ1) is 12.5. The Balaban J connectivity index is 3.91. The summed E-state index contributed by atoms with van der Waals surface area (Å²) in [5.41, 5.74) is 0. The Bertz CT molecular complexity index is 362. The van der Waals surface area contributed by atoms with Gasteiger partial charge in [0.1, 0.15) is 0 Å². The zero-order chi connectivity index (χ0) is 19.6. The third kappa shape index (κ3) is 18.1. The van der Waals surface area contributed by atoms with E-state index < -0.39 is 11.9 Å². The second-order valence-electron chi connectivity index (χ2n) is 7.12. The normalized spacial score (nSPS) is 13.5. The van der Waals surface area contributed by atoms with Crippen molar-refractivity contribution in [3.8, 4) is 0 Å². The molecule has 0 aliphatic rings. The first-order valence-corrected chi connectivity index (χ1v) is 11.2. The van der Waals surface area contributed by atoms with Crippen molar-refractivity contribution in [2.45, 2.75) is 108 Å². The summed E-state index contributed by atoms with van der Waals surface area (Å²) in [5.74, 6) is -1.42. The van der Waals surface area contributed by atoms with Crippen LogP contribution in [0.25, 0.3) is 0 Å². The number of aliphatic hydroxyl groups excluding tert-OH is 1. The molecule has 0 spiro atoms. The average molecular weight is 391 g/mol. The summed E-state index contributed by atoms with van der Waals surface area (Å²) >= 11 is 1.45. The Labute approximate surface area is 163 Å². The number of thioether (sulfide) groups is 1. The Kier molecular flexibility index (Phi) is 17.1. The lowest BCUT2D eigenvalue weighted by Crippen LogP contribution is -2.17. The third-order valence-corrected chi connectivity index (χ3v) is 5.85. The number of hydrogen-bond donors (Lipinski definition) is 3. The van der Waals surface area contributed by atoms with Crippen LogP contribution in [0, 0.1) is 0 Å². The molecule has 26 heavy (non-hydrogen) atoms. The van der Waals surface area contributed by atoms with Crippen LogP contribution in [0.5, 0.6) is 0 Å². The van der Waals surface area contributed by atoms with E-state index in [4.69, 9.17) is 10.2 Å². The smallest absolute Gasteiger partial charge is 0.313 e. The van der Waals surface area contributed by atoms with Crippen molar-refractivity contribution in [2.75, 3.05) is 5.75 Å². The zero-order valence-corrected chi connectivity index (χ0v) is 17.1. The van der Waals surface area contributed by atoms with Crippen LogP contribution in [0.3, 0.4) is 0 Å². The highest BCUT2D eigenvalue weighted by Gasteiger charge is 2.16. The second kappa shape index (κ2) is 17.7. The van der Waals surface area contributed by atoms with Gasteiger partial charge in [-0.05, 0) is 25.7 Å². The average Bonchev–Trinajstić information content (AvgIpc) is 2.58. The van der Waals surface area contributed by atoms with Crippen molar-refractivity contribution in [1.82, 2.24) is 0 Å². The first kappa shape index (κ1) is 25.2. The van der Waals surface area contributed by atoms with E-state index in [9.17, 15) is 14.7 Å². The summed E-state index contributed by atoms with van der Waals surface area (Å²) in [6.45, 7) is 2.17. The highest BCUT2D eigenvalue weighted by Crippen LogP contribution is 2.24. The van der Waals surface area contributed by atoms with Gasteiger partial charge in [0.05, 0.1) is 11.9 Å². The van der Waals surface area contributed by atoms with Crippen molar-refractivity contribution in [3.05, 3.63) is 0 Å². The van der Waals surface area contributed by atoms with E-state index in [1.165, 1.54) is 24.6 Å². The number of rotatable bonds is 19. The maximum atomic E-state index is 10.8. The van der Waals surface area contributed by atoms with Crippen LogP contribution in [0.2, 0.25) is 0 Å². The summed E-state index contributed by atoms with van der Waals surface area (Å²) in [6, 6.07) is 0. The second-order valence-corrected chi connectivity index (χ2v) is 8.41. The molecule has 0 aromatic heterocycles. The molecule has 3 N–H and O–H groups in total. The lowest BCUT2D eigenvalue weighted by Gasteiger charge is -2.19. The van der Waals surface area contributed by atoms with Gasteiger partial charge in [-0.2, -0.15) is 0 Å². The molecule has 0 aromatic carbocycles. The number of aliphatic carboxylic acids is 2. The van der Waals surface area contributed by atoms with E-state index in [0.717, 1.165) is 64.2 Å². The van der Waals surface area contributed by atoms with Gasteiger partial charge in [-0.25, -0.2) is 0 Å². The SMILES string of the molecule is CCCCCCC(O)CC(CCCCCCCCC(=O)O)SCC(=O)O. The lowest BCUT2D eigenvalue weighted by molar-refractivity contribution is -0.137. The standard InChI is InChI=1S/C20H38O5S/c1-2-3-4-9-12-17(21)15-18(26-16-20(24)25)13-10-7-5-6-8-11-14-19(22)23/h17-18,21H,2-16H2,1H3,(H,22,23)(H,24,25). The summed E-state index contributed by atoms with van der Waals surface area (Å²) in [5, 5.41) is 27.9. The number of hydrogen-bond acceptors (Lipinski definition) is 4. The van der Waals surface area contributed by atoms with Gasteiger partial charge in [-0.1, -0.05) is 64.7 Å². The van der Waals surface area contributed by atoms with Crippen molar-refractivity contribution in [1.29, 1.82) is 0 Å². The molecule has 154 valence electrons. The molecular formula is C20H38O5S. The Morgan fingerprint density at radius 2 is 1.38 bits per heavy atom. The van der Waals surface area contributed by atoms with E-state index in [-0.39, 0.29) is 23.5 Å². The molecule has 0 saturated heterocycles. The summed E-state index contributed by atoms with van der Waals surface area (Å²) in [4.78, 5) is 21.3. The highest BCUT2D eigenvalue weighted by atomic mass is 32.2. The quantitative estimate of drug-likeness (QED) is 0.266. The Hall–Kier alpha value is -0.750. The van der Waals surface area contributed by atoms with Crippen LogP contribution in [0.15, 0.2) is 0 Å². The molecule has 5 nitrogen and oxygen atoms in total. The molecule has 0 aliphatic carbocycles. The molecule has 0 amide bonds. The van der Waals surface area contributed by atoms with Crippen LogP contribution in [-0.4, -0.2) is 44.4 Å². The first-order valence-electron chi connectivity index (χ1n) is 10.2. The van der Waals surface area contributed by atoms with Gasteiger partial charge in [0, 0.05) is 11.7 Å². The maximum absolute atomic E-state index is 10.8. The number of aliphatic hydroxyl groups is 1. The van der Waals surface area contributed by atoms with Crippen LogP contribution >= 0.6 is 11.8 Å². The molecular weight excluding hydrogens is 352 g/mol. The van der Waals surface area contributed by atoms with Crippen molar-refractivity contribution < 1.29 is 24.9 Å². The van der Waals surface area contributed by atoms with E-state index in [1.807, 2.05) is 0 Å². The van der Waals surface area contributed by atoms with Crippen molar-refractivity contribution in [3.63, 3.8) is 0 Å². The van der Waals surface area contributed by atoms with Gasteiger partial charge in [0.2, 0.25) is 0 Å². The van der Waals surface area contributed by atoms with Crippen molar-refractivity contribution in [2.24, 2.45) is 0 Å². The number of carbonyl (C=O) groups is 2. The van der Waals surface area contributed by atoms with Gasteiger partial charge < -0.3 is 15.3 Å². The molecule has 6 heteroatoms. The molecule has 0 aromatic rings. The fourth-order valence-electron chi connectivity index (χ4n) is 3.04. The minimum Gasteiger partial charge on any atom is -0.481 e. The third-order valence-electron chi connectivity index (χ3n) is 4.54. The Morgan fingerprint density at radius 1 is 0.808 bits per heavy atom. The maximum Gasteiger partial charge on any atom is 0.313 e. The van der Waals surface area contributed by atoms with Gasteiger partial charge in [-0.3, -0.25) is 9.59 Å². The van der Waals surface area contributed by atoms with Crippen molar-refractivity contribution >= 4 is 23.7 Å². The number of carboxylic acids is 2. The molecule has 2 atom stereocenters. The van der Waals surface area contributed by atoms with Gasteiger partial charge >= 0.3 is 11.9 Å². The van der Waals surface area contributed by atoms with Crippen LogP contribution < -0.4 is 0 Å². The molecule has 0 radical (unpaired) electrons. The molecule has 0 saturated carbocycles. The van der Waals surface area contributed by atoms with Gasteiger partial charge in [0.25, 0.3) is 0 Å². The molecule has 0 bridgehead atoms. The molecule has 0 aliphatic heterocycles. The number of carboxylic acid groups (broad SMARTS) is 2. The van der Waals surface area contributed by atoms with Crippen LogP contribution in [0.1, 0.15) is 96.8 Å². The fraction of sp³-hybridized carbons (Fsp3) is 0.900. The minimum absolute atomic E-state index is 0.0996. The summed E-state index contributed by atoms with van der Waals surface area (Å²) in [6.07, 6.45) is 12.9. The molecule has 2 unspecified atom stereocenters. The largest absolute Gasteiger partial charge is 0.481 e. The highest BCUT2D eigenvalue weighted by molar-refractivity contribution is 8.00. The van der Waals surface area contributed by atoms with E-state index >= 15 is 0 Å². The predicted octanol–water partition coefficient (Wildman–Crippen LogP) is 5.10. The molecule has 0 fully saturated rings. The van der Waals surface area contributed by atoms with E-state index in [0.29, 0.717) is 6.42 Å². The monoisotopic (exact) mass is 390 g/mol. The fourth-order valence-corrected chi connectivity index (χ4v) is 4.11. The molecule has 0 heterocycles. The molecule has 0 rings (SSSR count). The predicted molar refractivity (Wildman–Crippen MR) is 108 cm³/mol. The summed E-state index contributed by atoms with van der Waals surface area (Å²) in [7, 11) is 0. The van der Waals surface area contributed by atoms with E-state index in [2.05, 4.69) is 6.92 Å². The van der Waals surface area contributed by atoms with Gasteiger partial charge in [-0.15, -0.1) is 11.8 Å².